The molecule has 0 aliphatic rings. The van der Waals surface area contributed by atoms with Crippen molar-refractivity contribution in [1.82, 2.24) is 4.98 Å². The van der Waals surface area contributed by atoms with E-state index in [1.165, 1.54) is 10.3 Å². The van der Waals surface area contributed by atoms with Crippen LogP contribution in [0.25, 0.3) is 10.2 Å². The van der Waals surface area contributed by atoms with Crippen molar-refractivity contribution >= 4 is 27.8 Å². The van der Waals surface area contributed by atoms with Crippen molar-refractivity contribution in [3.63, 3.8) is 0 Å². The predicted octanol–water partition coefficient (Wildman–Crippen LogP) is 4.01. The summed E-state index contributed by atoms with van der Waals surface area (Å²) in [6.07, 6.45) is 1.64. The van der Waals surface area contributed by atoms with Gasteiger partial charge >= 0.3 is 0 Å². The van der Waals surface area contributed by atoms with Crippen molar-refractivity contribution in [3.8, 4) is 0 Å². The van der Waals surface area contributed by atoms with Crippen molar-refractivity contribution in [3.05, 3.63) is 64.2 Å². The van der Waals surface area contributed by atoms with Gasteiger partial charge in [-0.2, -0.15) is 0 Å². The van der Waals surface area contributed by atoms with Crippen LogP contribution in [0.4, 0.5) is 0 Å². The Kier molecular flexibility index (Phi) is 3.13. The maximum absolute atomic E-state index is 11.1. The molecule has 1 aromatic heterocycles. The highest BCUT2D eigenvalue weighted by Gasteiger charge is 2.08. The molecule has 3 heteroatoms. The SMILES string of the molecule is Cc1ccc(C=O)c(Cc2nc3ccccc3s2)c1. The number of hydrogen-bond acceptors (Lipinski definition) is 3. The van der Waals surface area contributed by atoms with Crippen molar-refractivity contribution in [2.24, 2.45) is 0 Å². The molecule has 94 valence electrons. The normalized spacial score (nSPS) is 10.8. The lowest BCUT2D eigenvalue weighted by atomic mass is 10.0. The van der Waals surface area contributed by atoms with Crippen molar-refractivity contribution in [1.29, 1.82) is 0 Å². The second-order valence-electron chi connectivity index (χ2n) is 4.57. The first-order chi connectivity index (χ1) is 9.26. The minimum atomic E-state index is 0.717. The van der Waals surface area contributed by atoms with Gasteiger partial charge in [-0.15, -0.1) is 11.3 Å². The van der Waals surface area contributed by atoms with E-state index in [2.05, 4.69) is 17.1 Å². The lowest BCUT2D eigenvalue weighted by Crippen LogP contribution is -1.95. The first-order valence-corrected chi connectivity index (χ1v) is 6.97. The first kappa shape index (κ1) is 12.1. The van der Waals surface area contributed by atoms with E-state index in [0.717, 1.165) is 34.4 Å². The van der Waals surface area contributed by atoms with E-state index in [9.17, 15) is 4.79 Å². The van der Waals surface area contributed by atoms with Gasteiger partial charge in [0.05, 0.1) is 15.2 Å². The quantitative estimate of drug-likeness (QED) is 0.671. The summed E-state index contributed by atoms with van der Waals surface area (Å²) in [5.41, 5.74) is 4.00. The standard InChI is InChI=1S/C16H13NOS/c1-11-6-7-12(10-18)13(8-11)9-16-17-14-4-2-3-5-15(14)19-16/h2-8,10H,9H2,1H3. The molecule has 0 saturated carbocycles. The Bertz CT molecular complexity index is 712. The van der Waals surface area contributed by atoms with Gasteiger partial charge < -0.3 is 0 Å². The molecule has 3 aromatic rings. The summed E-state index contributed by atoms with van der Waals surface area (Å²) >= 11 is 1.69. The highest BCUT2D eigenvalue weighted by atomic mass is 32.1. The van der Waals surface area contributed by atoms with Gasteiger partial charge in [0.25, 0.3) is 0 Å². The van der Waals surface area contributed by atoms with Crippen LogP contribution in [0.15, 0.2) is 42.5 Å². The topological polar surface area (TPSA) is 30.0 Å². The number of aldehydes is 1. The number of fused-ring (bicyclic) bond motifs is 1. The molecule has 0 fully saturated rings. The van der Waals surface area contributed by atoms with E-state index >= 15 is 0 Å². The van der Waals surface area contributed by atoms with Gasteiger partial charge in [-0.1, -0.05) is 35.9 Å². The summed E-state index contributed by atoms with van der Waals surface area (Å²) in [5.74, 6) is 0. The lowest BCUT2D eigenvalue weighted by molar-refractivity contribution is 0.112. The molecular weight excluding hydrogens is 254 g/mol. The average molecular weight is 267 g/mol. The Labute approximate surface area is 115 Å². The fourth-order valence-corrected chi connectivity index (χ4v) is 3.15. The number of hydrogen-bond donors (Lipinski definition) is 0. The monoisotopic (exact) mass is 267 g/mol. The zero-order valence-corrected chi connectivity index (χ0v) is 11.4. The third kappa shape index (κ3) is 2.42. The third-order valence-electron chi connectivity index (χ3n) is 3.11. The fourth-order valence-electron chi connectivity index (χ4n) is 2.16. The Hall–Kier alpha value is -2.00. The molecular formula is C16H13NOS. The Morgan fingerprint density at radius 2 is 2.05 bits per heavy atom. The molecule has 0 atom stereocenters. The van der Waals surface area contributed by atoms with Gasteiger partial charge in [-0.3, -0.25) is 4.79 Å². The smallest absolute Gasteiger partial charge is 0.150 e. The van der Waals surface area contributed by atoms with E-state index in [-0.39, 0.29) is 0 Å². The maximum atomic E-state index is 11.1. The Morgan fingerprint density at radius 1 is 1.21 bits per heavy atom. The predicted molar refractivity (Wildman–Crippen MR) is 79.0 cm³/mol. The Morgan fingerprint density at radius 3 is 2.84 bits per heavy atom. The number of aromatic nitrogens is 1. The van der Waals surface area contributed by atoms with Crippen LogP contribution in [0.1, 0.15) is 26.5 Å². The van der Waals surface area contributed by atoms with Gasteiger partial charge in [0.1, 0.15) is 6.29 Å². The van der Waals surface area contributed by atoms with E-state index in [4.69, 9.17) is 0 Å². The number of thiazole rings is 1. The first-order valence-electron chi connectivity index (χ1n) is 6.15. The largest absolute Gasteiger partial charge is 0.298 e. The minimum absolute atomic E-state index is 0.717. The number of benzene rings is 2. The molecule has 0 spiro atoms. The molecule has 1 heterocycles. The van der Waals surface area contributed by atoms with Crippen LogP contribution >= 0.6 is 11.3 Å². The second-order valence-corrected chi connectivity index (χ2v) is 5.69. The van der Waals surface area contributed by atoms with E-state index in [0.29, 0.717) is 0 Å². The van der Waals surface area contributed by atoms with Gasteiger partial charge in [0.2, 0.25) is 0 Å². The molecule has 0 aliphatic heterocycles. The summed E-state index contributed by atoms with van der Waals surface area (Å²) in [6, 6.07) is 14.0. The molecule has 0 N–H and O–H groups in total. The summed E-state index contributed by atoms with van der Waals surface area (Å²) < 4.78 is 1.19. The summed E-state index contributed by atoms with van der Waals surface area (Å²) in [7, 11) is 0. The van der Waals surface area contributed by atoms with Crippen LogP contribution < -0.4 is 0 Å². The number of carbonyl (C=O) groups is 1. The second kappa shape index (κ2) is 4.94. The molecule has 0 amide bonds. The summed E-state index contributed by atoms with van der Waals surface area (Å²) in [4.78, 5) is 15.7. The zero-order chi connectivity index (χ0) is 13.2. The van der Waals surface area contributed by atoms with Crippen LogP contribution in [0, 0.1) is 6.92 Å². The lowest BCUT2D eigenvalue weighted by Gasteiger charge is -2.03. The molecule has 3 rings (SSSR count). The van der Waals surface area contributed by atoms with Gasteiger partial charge in [-0.05, 0) is 24.6 Å². The van der Waals surface area contributed by atoms with Gasteiger partial charge in [-0.25, -0.2) is 4.98 Å². The van der Waals surface area contributed by atoms with Gasteiger partial charge in [0, 0.05) is 12.0 Å². The molecule has 19 heavy (non-hydrogen) atoms. The summed E-state index contributed by atoms with van der Waals surface area (Å²) in [5, 5.41) is 1.05. The number of rotatable bonds is 3. The molecule has 0 bridgehead atoms. The number of carbonyl (C=O) groups excluding carboxylic acids is 1. The third-order valence-corrected chi connectivity index (χ3v) is 4.14. The zero-order valence-electron chi connectivity index (χ0n) is 10.6. The van der Waals surface area contributed by atoms with Crippen LogP contribution in [0.3, 0.4) is 0 Å². The highest BCUT2D eigenvalue weighted by molar-refractivity contribution is 7.18. The van der Waals surface area contributed by atoms with Crippen LogP contribution in [-0.2, 0) is 6.42 Å². The number of nitrogens with zero attached hydrogens (tertiary/aromatic N) is 1. The van der Waals surface area contributed by atoms with Crippen molar-refractivity contribution in [2.45, 2.75) is 13.3 Å². The van der Waals surface area contributed by atoms with Crippen molar-refractivity contribution < 1.29 is 4.79 Å². The van der Waals surface area contributed by atoms with Gasteiger partial charge in [0.15, 0.2) is 0 Å². The molecule has 0 aliphatic carbocycles. The van der Waals surface area contributed by atoms with Crippen LogP contribution in [-0.4, -0.2) is 11.3 Å². The minimum Gasteiger partial charge on any atom is -0.298 e. The van der Waals surface area contributed by atoms with E-state index in [1.807, 2.05) is 37.3 Å². The highest BCUT2D eigenvalue weighted by Crippen LogP contribution is 2.24. The molecule has 0 saturated heterocycles. The molecule has 2 aromatic carbocycles. The average Bonchev–Trinajstić information content (AvgIpc) is 2.81. The van der Waals surface area contributed by atoms with E-state index in [1.54, 1.807) is 11.3 Å². The molecule has 0 unspecified atom stereocenters. The summed E-state index contributed by atoms with van der Waals surface area (Å²) in [6.45, 7) is 2.04. The number of aryl methyl sites for hydroxylation is 1. The van der Waals surface area contributed by atoms with Crippen LogP contribution in [0.2, 0.25) is 0 Å². The Balaban J connectivity index is 2.00. The number of para-hydroxylation sites is 1. The molecule has 0 radical (unpaired) electrons. The van der Waals surface area contributed by atoms with E-state index < -0.39 is 0 Å². The van der Waals surface area contributed by atoms with Crippen LogP contribution in [0.5, 0.6) is 0 Å². The van der Waals surface area contributed by atoms with Crippen molar-refractivity contribution in [2.75, 3.05) is 0 Å². The fraction of sp³-hybridized carbons (Fsp3) is 0.125. The maximum Gasteiger partial charge on any atom is 0.150 e. The molecule has 2 nitrogen and oxygen atoms in total.